The van der Waals surface area contributed by atoms with Gasteiger partial charge in [0.2, 0.25) is 5.88 Å². The highest BCUT2D eigenvalue weighted by Gasteiger charge is 2.25. The molecule has 2 aromatic heterocycles. The van der Waals surface area contributed by atoms with Gasteiger partial charge in [0.1, 0.15) is 11.4 Å². The van der Waals surface area contributed by atoms with Gasteiger partial charge in [-0.2, -0.15) is 5.10 Å². The van der Waals surface area contributed by atoms with E-state index in [1.807, 2.05) is 25.7 Å². The number of nitrogens with zero attached hydrogens (tertiary/aromatic N) is 6. The molecule has 0 aromatic carbocycles. The molecular formula is C16H24N6O3. The van der Waals surface area contributed by atoms with Crippen LogP contribution in [0, 0.1) is 6.92 Å². The minimum Gasteiger partial charge on any atom is -0.475 e. The van der Waals surface area contributed by atoms with Crippen LogP contribution in [-0.2, 0) is 13.6 Å². The Morgan fingerprint density at radius 2 is 2.00 bits per heavy atom. The maximum Gasteiger partial charge on any atom is 0.274 e. The highest BCUT2D eigenvalue weighted by molar-refractivity contribution is 5.92. The molecule has 136 valence electrons. The molecule has 25 heavy (non-hydrogen) atoms. The smallest absolute Gasteiger partial charge is 0.274 e. The highest BCUT2D eigenvalue weighted by atomic mass is 16.6. The molecule has 9 heteroatoms. The van der Waals surface area contributed by atoms with Crippen molar-refractivity contribution < 1.29 is 14.2 Å². The Morgan fingerprint density at radius 3 is 2.60 bits per heavy atom. The molecule has 1 saturated heterocycles. The topological polar surface area (TPSA) is 89.5 Å². The van der Waals surface area contributed by atoms with Crippen LogP contribution in [0.5, 0.6) is 5.88 Å². The van der Waals surface area contributed by atoms with E-state index in [2.05, 4.69) is 20.3 Å². The molecule has 9 nitrogen and oxygen atoms in total. The van der Waals surface area contributed by atoms with Crippen LogP contribution in [0.15, 0.2) is 10.7 Å². The molecule has 3 heterocycles. The van der Waals surface area contributed by atoms with Crippen molar-refractivity contribution in [2.45, 2.75) is 33.4 Å². The van der Waals surface area contributed by atoms with Gasteiger partial charge in [-0.05, 0) is 20.8 Å². The van der Waals surface area contributed by atoms with Gasteiger partial charge in [-0.25, -0.2) is 9.31 Å². The van der Waals surface area contributed by atoms with Crippen molar-refractivity contribution in [2.75, 3.05) is 26.2 Å². The van der Waals surface area contributed by atoms with Gasteiger partial charge in [-0.1, -0.05) is 10.3 Å². The minimum absolute atomic E-state index is 0.0383. The summed E-state index contributed by atoms with van der Waals surface area (Å²) in [4.78, 5) is 16.7. The van der Waals surface area contributed by atoms with Crippen molar-refractivity contribution in [3.8, 4) is 5.88 Å². The summed E-state index contributed by atoms with van der Waals surface area (Å²) in [5.74, 6) is 0.541. The zero-order valence-corrected chi connectivity index (χ0v) is 15.1. The molecule has 1 fully saturated rings. The average molecular weight is 348 g/mol. The quantitative estimate of drug-likeness (QED) is 0.791. The van der Waals surface area contributed by atoms with E-state index in [9.17, 15) is 4.79 Å². The first-order valence-electron chi connectivity index (χ1n) is 8.44. The lowest BCUT2D eigenvalue weighted by atomic mass is 10.2. The van der Waals surface area contributed by atoms with Crippen molar-refractivity contribution in [3.63, 3.8) is 0 Å². The molecule has 3 rings (SSSR count). The largest absolute Gasteiger partial charge is 0.475 e. The van der Waals surface area contributed by atoms with Crippen molar-refractivity contribution >= 4 is 5.91 Å². The van der Waals surface area contributed by atoms with Crippen LogP contribution < -0.4 is 4.74 Å². The van der Waals surface area contributed by atoms with Crippen LogP contribution in [0.4, 0.5) is 0 Å². The maximum absolute atomic E-state index is 12.7. The number of carbonyl (C=O) groups excluding carboxylic acids is 1. The Hall–Kier alpha value is -2.42. The number of amides is 1. The standard InChI is InChI=1S/C16H24N6O3/c1-11(2)24-15-9-13(17-20(15)4)16(23)22-7-5-21(6-8-22)10-14-12(3)18-25-19-14/h9,11H,5-8,10H2,1-4H3. The summed E-state index contributed by atoms with van der Waals surface area (Å²) in [6, 6.07) is 1.71. The molecule has 1 amide bonds. The Morgan fingerprint density at radius 1 is 1.28 bits per heavy atom. The molecule has 0 atom stereocenters. The number of rotatable bonds is 5. The highest BCUT2D eigenvalue weighted by Crippen LogP contribution is 2.17. The van der Waals surface area contributed by atoms with Crippen molar-refractivity contribution in [3.05, 3.63) is 23.1 Å². The maximum atomic E-state index is 12.7. The van der Waals surface area contributed by atoms with Crippen molar-refractivity contribution in [2.24, 2.45) is 7.05 Å². The van der Waals surface area contributed by atoms with Crippen LogP contribution in [0.3, 0.4) is 0 Å². The van der Waals surface area contributed by atoms with Gasteiger partial charge in [0.05, 0.1) is 6.10 Å². The second kappa shape index (κ2) is 7.22. The zero-order chi connectivity index (χ0) is 18.0. The van der Waals surface area contributed by atoms with E-state index in [1.165, 1.54) is 0 Å². The third-order valence-corrected chi connectivity index (χ3v) is 4.19. The summed E-state index contributed by atoms with van der Waals surface area (Å²) in [6.45, 7) is 9.32. The molecule has 0 spiro atoms. The van der Waals surface area contributed by atoms with E-state index >= 15 is 0 Å². The van der Waals surface area contributed by atoms with Gasteiger partial charge in [0, 0.05) is 45.8 Å². The summed E-state index contributed by atoms with van der Waals surface area (Å²) < 4.78 is 12.0. The number of ether oxygens (including phenoxy) is 1. The number of aryl methyl sites for hydroxylation is 2. The molecule has 1 aliphatic rings. The zero-order valence-electron chi connectivity index (χ0n) is 15.1. The SMILES string of the molecule is Cc1nonc1CN1CCN(C(=O)c2cc(OC(C)C)n(C)n2)CC1. The van der Waals surface area contributed by atoms with Crippen LogP contribution >= 0.6 is 0 Å². The fourth-order valence-corrected chi connectivity index (χ4v) is 2.78. The van der Waals surface area contributed by atoms with Crippen LogP contribution in [-0.4, -0.2) is 68.1 Å². The van der Waals surface area contributed by atoms with Crippen molar-refractivity contribution in [1.29, 1.82) is 0 Å². The third-order valence-electron chi connectivity index (χ3n) is 4.19. The fraction of sp³-hybridized carbons (Fsp3) is 0.625. The molecular weight excluding hydrogens is 324 g/mol. The lowest BCUT2D eigenvalue weighted by molar-refractivity contribution is 0.0619. The number of aromatic nitrogens is 4. The number of hydrogen-bond acceptors (Lipinski definition) is 7. The summed E-state index contributed by atoms with van der Waals surface area (Å²) in [5.41, 5.74) is 2.08. The van der Waals surface area contributed by atoms with E-state index in [-0.39, 0.29) is 12.0 Å². The van der Waals surface area contributed by atoms with E-state index < -0.39 is 0 Å². The molecule has 0 N–H and O–H groups in total. The first-order valence-corrected chi connectivity index (χ1v) is 8.44. The Labute approximate surface area is 146 Å². The molecule has 0 saturated carbocycles. The lowest BCUT2D eigenvalue weighted by Gasteiger charge is -2.33. The van der Waals surface area contributed by atoms with Crippen LogP contribution in [0.1, 0.15) is 35.7 Å². The van der Waals surface area contributed by atoms with Gasteiger partial charge < -0.3 is 9.64 Å². The third kappa shape index (κ3) is 3.98. The van der Waals surface area contributed by atoms with Crippen molar-refractivity contribution in [1.82, 2.24) is 29.9 Å². The van der Waals surface area contributed by atoms with E-state index in [4.69, 9.17) is 9.37 Å². The summed E-state index contributed by atoms with van der Waals surface area (Å²) in [5, 5.41) is 12.0. The van der Waals surface area contributed by atoms with Gasteiger partial charge in [0.15, 0.2) is 5.69 Å². The van der Waals surface area contributed by atoms with E-state index in [0.29, 0.717) is 31.2 Å². The molecule has 1 aliphatic heterocycles. The predicted molar refractivity (Wildman–Crippen MR) is 89.2 cm³/mol. The van der Waals surface area contributed by atoms with Crippen LogP contribution in [0.2, 0.25) is 0 Å². The minimum atomic E-state index is -0.0619. The van der Waals surface area contributed by atoms with E-state index in [0.717, 1.165) is 24.5 Å². The summed E-state index contributed by atoms with van der Waals surface area (Å²) in [6.07, 6.45) is 0.0383. The monoisotopic (exact) mass is 348 g/mol. The number of carbonyl (C=O) groups is 1. The molecule has 0 unspecified atom stereocenters. The van der Waals surface area contributed by atoms with Gasteiger partial charge in [0.25, 0.3) is 5.91 Å². The van der Waals surface area contributed by atoms with Crippen LogP contribution in [0.25, 0.3) is 0 Å². The molecule has 0 bridgehead atoms. The second-order valence-electron chi connectivity index (χ2n) is 6.52. The number of piperazine rings is 1. The lowest BCUT2D eigenvalue weighted by Crippen LogP contribution is -2.48. The van der Waals surface area contributed by atoms with E-state index in [1.54, 1.807) is 17.8 Å². The molecule has 2 aromatic rings. The Bertz CT molecular complexity index is 730. The molecule has 0 radical (unpaired) electrons. The second-order valence-corrected chi connectivity index (χ2v) is 6.52. The fourth-order valence-electron chi connectivity index (χ4n) is 2.78. The number of hydrogen-bond donors (Lipinski definition) is 0. The summed E-state index contributed by atoms with van der Waals surface area (Å²) in [7, 11) is 1.78. The Kier molecular flexibility index (Phi) is 5.03. The normalized spacial score (nSPS) is 15.8. The van der Waals surface area contributed by atoms with Gasteiger partial charge in [-0.3, -0.25) is 9.69 Å². The first-order chi connectivity index (χ1) is 11.9. The molecule has 0 aliphatic carbocycles. The Balaban J connectivity index is 1.57. The van der Waals surface area contributed by atoms with Gasteiger partial charge >= 0.3 is 0 Å². The first kappa shape index (κ1) is 17.4. The average Bonchev–Trinajstić information content (AvgIpc) is 3.13. The van der Waals surface area contributed by atoms with Gasteiger partial charge in [-0.15, -0.1) is 0 Å². The predicted octanol–water partition coefficient (Wildman–Crippen LogP) is 0.857. The summed E-state index contributed by atoms with van der Waals surface area (Å²) >= 11 is 0.